The van der Waals surface area contributed by atoms with Crippen LogP contribution in [0.1, 0.15) is 75.7 Å². The van der Waals surface area contributed by atoms with Crippen molar-refractivity contribution >= 4 is 95.4 Å². The molecule has 0 bridgehead atoms. The standard InChI is InChI=1S/C4H9O.2C4H8.C3H8.C2H4O.K.S5.S4/c1-4(2,3)5;2*1-3-4-2;1-3-2;1-2-3;;1-3-5-4-2;1-3-4-2/h1-3H3;2*3-4H,1-2H3;3H2,1-2H3;2H,1H3;;;/q-1;;;;;+1;;. The zero-order valence-corrected chi connectivity index (χ0v) is 30.1. The van der Waals surface area contributed by atoms with E-state index in [1.807, 2.05) is 52.0 Å². The van der Waals surface area contributed by atoms with E-state index >= 15 is 0 Å². The van der Waals surface area contributed by atoms with E-state index in [9.17, 15) is 5.11 Å². The summed E-state index contributed by atoms with van der Waals surface area (Å²) >= 11 is 17.5. The SMILES string of the molecule is CC(C)(C)[O-].CC=CC.CC=CC.CC=O.CCC.S=S=S=S.S=S=S=S=S.[K+]. The number of carbonyl (C=O) groups excluding carboxylic acids is 1. The van der Waals surface area contributed by atoms with E-state index in [2.05, 4.69) is 58.6 Å². The van der Waals surface area contributed by atoms with Crippen LogP contribution in [0.4, 0.5) is 0 Å². The summed E-state index contributed by atoms with van der Waals surface area (Å²) in [6.45, 7) is 18.6. The van der Waals surface area contributed by atoms with Crippen LogP contribution in [-0.4, -0.2) is 11.9 Å². The van der Waals surface area contributed by atoms with Gasteiger partial charge in [0, 0.05) is 89.2 Å². The van der Waals surface area contributed by atoms with Gasteiger partial charge in [0.05, 0.1) is 0 Å². The Hall–Kier alpha value is 2.73. The van der Waals surface area contributed by atoms with Crippen molar-refractivity contribution in [3.8, 4) is 0 Å². The molecule has 0 aliphatic carbocycles. The van der Waals surface area contributed by atoms with Crippen molar-refractivity contribution in [2.24, 2.45) is 0 Å². The van der Waals surface area contributed by atoms with Gasteiger partial charge in [0.2, 0.25) is 0 Å². The van der Waals surface area contributed by atoms with Crippen LogP contribution in [0.3, 0.4) is 0 Å². The molecule has 0 saturated heterocycles. The molecule has 0 amide bonds. The molecule has 0 heterocycles. The Balaban J connectivity index is -0.0000000297. The molecule has 0 saturated carbocycles. The predicted octanol–water partition coefficient (Wildman–Crippen LogP) is 1.91. The predicted molar refractivity (Wildman–Crippen MR) is 155 cm³/mol. The number of rotatable bonds is 0. The van der Waals surface area contributed by atoms with E-state index in [4.69, 9.17) is 4.79 Å². The number of aldehydes is 1. The second-order valence-corrected chi connectivity index (χ2v) is 13.6. The molecule has 0 unspecified atom stereocenters. The van der Waals surface area contributed by atoms with Crippen LogP contribution in [0.15, 0.2) is 24.3 Å². The first kappa shape index (κ1) is 53.2. The minimum atomic E-state index is -0.750. The van der Waals surface area contributed by atoms with Gasteiger partial charge in [0.25, 0.3) is 0 Å². The molecule has 0 aromatic heterocycles. The van der Waals surface area contributed by atoms with Crippen LogP contribution in [0.5, 0.6) is 0 Å². The first-order chi connectivity index (χ1) is 13.0. The van der Waals surface area contributed by atoms with Gasteiger partial charge < -0.3 is 9.90 Å². The Bertz CT molecular complexity index is 457. The summed E-state index contributed by atoms with van der Waals surface area (Å²) in [6.07, 6.45) is 10.0. The molecule has 0 rings (SSSR count). The molecule has 29 heavy (non-hydrogen) atoms. The van der Waals surface area contributed by atoms with Gasteiger partial charge >= 0.3 is 51.4 Å². The van der Waals surface area contributed by atoms with Gasteiger partial charge in [-0.3, -0.25) is 0 Å². The van der Waals surface area contributed by atoms with Crippen LogP contribution in [-0.2, 0) is 93.9 Å². The maximum Gasteiger partial charge on any atom is 1.00 e. The zero-order valence-electron chi connectivity index (χ0n) is 19.6. The second-order valence-electron chi connectivity index (χ2n) is 4.73. The van der Waals surface area contributed by atoms with Crippen molar-refractivity contribution < 1.29 is 61.3 Å². The fraction of sp³-hybridized carbons (Fsp3) is 0.706. The molecule has 2 nitrogen and oxygen atoms in total. The Morgan fingerprint density at radius 2 is 0.862 bits per heavy atom. The Morgan fingerprint density at radius 1 is 0.724 bits per heavy atom. The molecule has 172 valence electrons. The minimum absolute atomic E-state index is 0. The largest absolute Gasteiger partial charge is 1.00 e. The molecule has 0 aliphatic rings. The first-order valence-electron chi connectivity index (χ1n) is 8.07. The monoisotopic (exact) mass is 600 g/mol. The van der Waals surface area contributed by atoms with Crippen molar-refractivity contribution in [2.45, 2.75) is 81.3 Å². The number of allylic oxidation sites excluding steroid dienone is 4. The van der Waals surface area contributed by atoms with Crippen LogP contribution < -0.4 is 56.5 Å². The fourth-order valence-electron chi connectivity index (χ4n) is 0.0113. The summed E-state index contributed by atoms with van der Waals surface area (Å²) in [5, 5.41) is 10.1. The van der Waals surface area contributed by atoms with Gasteiger partial charge in [-0.1, -0.05) is 65.3 Å². The minimum Gasteiger partial charge on any atom is -0.850 e. The summed E-state index contributed by atoms with van der Waals surface area (Å²) in [5.41, 5.74) is -0.750. The third-order valence-corrected chi connectivity index (χ3v) is 7.42. The molecule has 0 radical (unpaired) electrons. The maximum atomic E-state index is 10.1. The maximum absolute atomic E-state index is 10.1. The second kappa shape index (κ2) is 69.8. The average Bonchev–Trinajstić information content (AvgIpc) is 2.63. The van der Waals surface area contributed by atoms with Crippen LogP contribution in [0.2, 0.25) is 0 Å². The molecular formula is C17H37KO2S9. The van der Waals surface area contributed by atoms with Gasteiger partial charge in [-0.05, 0) is 34.6 Å². The van der Waals surface area contributed by atoms with Gasteiger partial charge in [0.15, 0.2) is 0 Å². The van der Waals surface area contributed by atoms with Crippen molar-refractivity contribution in [1.82, 2.24) is 0 Å². The number of carbonyl (C=O) groups is 1. The van der Waals surface area contributed by atoms with E-state index in [1.54, 1.807) is 20.8 Å². The average molecular weight is 601 g/mol. The summed E-state index contributed by atoms with van der Waals surface area (Å²) in [7, 11) is 6.29. The fourth-order valence-corrected chi connectivity index (χ4v) is 2.76. The first-order valence-corrected chi connectivity index (χ1v) is 17.4. The number of hydrogen-bond donors (Lipinski definition) is 0. The summed E-state index contributed by atoms with van der Waals surface area (Å²) in [5.74, 6) is 0. The van der Waals surface area contributed by atoms with Crippen LogP contribution in [0, 0.1) is 0 Å². The topological polar surface area (TPSA) is 40.1 Å². The molecule has 0 aromatic rings. The van der Waals surface area contributed by atoms with Crippen molar-refractivity contribution in [1.29, 1.82) is 0 Å². The Labute approximate surface area is 258 Å². The van der Waals surface area contributed by atoms with Gasteiger partial charge in [-0.25, -0.2) is 0 Å². The van der Waals surface area contributed by atoms with Gasteiger partial charge in [-0.2, -0.15) is 0 Å². The summed E-state index contributed by atoms with van der Waals surface area (Å²) in [6, 6.07) is 0. The van der Waals surface area contributed by atoms with E-state index in [0.717, 1.165) is 6.29 Å². The normalized spacial score (nSPS) is 7.41. The van der Waals surface area contributed by atoms with E-state index in [0.29, 0.717) is 0 Å². The zero-order chi connectivity index (χ0) is 24.3. The van der Waals surface area contributed by atoms with E-state index < -0.39 is 5.60 Å². The smallest absolute Gasteiger partial charge is 0.850 e. The summed E-state index contributed by atoms with van der Waals surface area (Å²) < 4.78 is 0. The van der Waals surface area contributed by atoms with E-state index in [-0.39, 0.29) is 51.4 Å². The quantitative estimate of drug-likeness (QED) is 0.240. The van der Waals surface area contributed by atoms with Crippen molar-refractivity contribution in [3.05, 3.63) is 24.3 Å². The van der Waals surface area contributed by atoms with Gasteiger partial charge in [0.1, 0.15) is 6.29 Å². The van der Waals surface area contributed by atoms with Crippen molar-refractivity contribution in [3.63, 3.8) is 0 Å². The molecule has 0 aromatic carbocycles. The Morgan fingerprint density at radius 3 is 0.862 bits per heavy atom. The molecule has 0 spiro atoms. The molecule has 0 fully saturated rings. The van der Waals surface area contributed by atoms with Gasteiger partial charge in [-0.15, -0.1) is 5.60 Å². The molecule has 12 heteroatoms. The third kappa shape index (κ3) is 425. The Kier molecular flexibility index (Phi) is 128. The van der Waals surface area contributed by atoms with Crippen LogP contribution in [0.25, 0.3) is 0 Å². The molecule has 0 aliphatic heterocycles. The summed E-state index contributed by atoms with van der Waals surface area (Å²) in [4.78, 5) is 8.81. The molecular weight excluding hydrogens is 564 g/mol. The number of hydrogen-bond acceptors (Lipinski definition) is 6. The third-order valence-electron chi connectivity index (χ3n) is 0.750. The molecule has 0 atom stereocenters. The van der Waals surface area contributed by atoms with Crippen molar-refractivity contribution in [2.75, 3.05) is 0 Å². The molecule has 0 N–H and O–H groups in total. The van der Waals surface area contributed by atoms with E-state index in [1.165, 1.54) is 57.7 Å². The van der Waals surface area contributed by atoms with Crippen LogP contribution >= 0.6 is 0 Å².